The van der Waals surface area contributed by atoms with Crippen LogP contribution in [0.4, 0.5) is 13.2 Å². The van der Waals surface area contributed by atoms with Gasteiger partial charge in [-0.3, -0.25) is 0 Å². The molecule has 35 heavy (non-hydrogen) atoms. The van der Waals surface area contributed by atoms with E-state index in [1.54, 1.807) is 18.7 Å². The maximum atomic E-state index is 12.8. The van der Waals surface area contributed by atoms with Gasteiger partial charge in [0.05, 0.1) is 18.8 Å². The van der Waals surface area contributed by atoms with E-state index in [2.05, 4.69) is 13.8 Å². The molecule has 0 aliphatic rings. The molecule has 0 spiro atoms. The molecule has 8 heteroatoms. The molecule has 0 radical (unpaired) electrons. The maximum absolute atomic E-state index is 12.8. The summed E-state index contributed by atoms with van der Waals surface area (Å²) < 4.78 is 55.0. The summed E-state index contributed by atoms with van der Waals surface area (Å²) in [5.74, 6) is 1.50. The van der Waals surface area contributed by atoms with Gasteiger partial charge in [0.25, 0.3) is 0 Å². The van der Waals surface area contributed by atoms with Crippen LogP contribution in [-0.2, 0) is 15.7 Å². The molecule has 0 atom stereocenters. The van der Waals surface area contributed by atoms with Crippen molar-refractivity contribution in [2.45, 2.75) is 64.5 Å². The summed E-state index contributed by atoms with van der Waals surface area (Å²) in [5, 5.41) is 0. The fourth-order valence-electron chi connectivity index (χ4n) is 3.94. The van der Waals surface area contributed by atoms with E-state index < -0.39 is 17.7 Å². The number of hydrogen-bond acceptors (Lipinski definition) is 5. The van der Waals surface area contributed by atoms with Gasteiger partial charge in [-0.1, -0.05) is 26.7 Å². The SMILES string of the molecule is CCCC(CCC)(COc1ccc(C(F)(F)F)cc1)CSc1ccc(OCC(=O)OCC)c(C)c1. The van der Waals surface area contributed by atoms with Crippen molar-refractivity contribution in [3.05, 3.63) is 53.6 Å². The third-order valence-corrected chi connectivity index (χ3v) is 6.97. The van der Waals surface area contributed by atoms with Crippen molar-refractivity contribution in [3.8, 4) is 11.5 Å². The van der Waals surface area contributed by atoms with Gasteiger partial charge < -0.3 is 14.2 Å². The number of carbonyl (C=O) groups is 1. The Balaban J connectivity index is 2.05. The van der Waals surface area contributed by atoms with Gasteiger partial charge in [0.2, 0.25) is 0 Å². The summed E-state index contributed by atoms with van der Waals surface area (Å²) >= 11 is 1.73. The van der Waals surface area contributed by atoms with Gasteiger partial charge in [-0.2, -0.15) is 13.2 Å². The molecule has 0 unspecified atom stereocenters. The van der Waals surface area contributed by atoms with Crippen LogP contribution in [-0.4, -0.2) is 31.5 Å². The standard InChI is InChI=1S/C27H35F3O4S/c1-5-14-26(15-6-2,18-34-22-10-8-21(9-11-22)27(28,29)30)19-35-23-12-13-24(20(4)16-23)33-17-25(31)32-7-3/h8-13,16H,5-7,14-15,17-19H2,1-4H3. The molecule has 4 nitrogen and oxygen atoms in total. The number of alkyl halides is 3. The van der Waals surface area contributed by atoms with Crippen LogP contribution in [0.2, 0.25) is 0 Å². The number of ether oxygens (including phenoxy) is 3. The molecule has 0 aliphatic heterocycles. The smallest absolute Gasteiger partial charge is 0.416 e. The fourth-order valence-corrected chi connectivity index (χ4v) is 5.21. The predicted molar refractivity (Wildman–Crippen MR) is 133 cm³/mol. The minimum Gasteiger partial charge on any atom is -0.493 e. The van der Waals surface area contributed by atoms with E-state index in [1.807, 2.05) is 25.1 Å². The van der Waals surface area contributed by atoms with Crippen LogP contribution in [0.1, 0.15) is 57.6 Å². The van der Waals surface area contributed by atoms with E-state index in [0.717, 1.165) is 54.0 Å². The molecular formula is C27H35F3O4S. The van der Waals surface area contributed by atoms with Crippen molar-refractivity contribution >= 4 is 17.7 Å². The Hall–Kier alpha value is -2.35. The molecule has 2 rings (SSSR count). The molecule has 0 N–H and O–H groups in total. The van der Waals surface area contributed by atoms with E-state index in [0.29, 0.717) is 24.7 Å². The van der Waals surface area contributed by atoms with Crippen LogP contribution in [0.5, 0.6) is 11.5 Å². The van der Waals surface area contributed by atoms with Gasteiger partial charge >= 0.3 is 12.1 Å². The Kier molecular flexibility index (Phi) is 11.3. The number of aryl methyl sites for hydroxylation is 1. The first-order valence-electron chi connectivity index (χ1n) is 11.9. The Labute approximate surface area is 210 Å². The van der Waals surface area contributed by atoms with Crippen molar-refractivity contribution in [3.63, 3.8) is 0 Å². The van der Waals surface area contributed by atoms with Gasteiger partial charge in [-0.05, 0) is 74.7 Å². The molecule has 0 amide bonds. The Morgan fingerprint density at radius 2 is 1.60 bits per heavy atom. The first-order chi connectivity index (χ1) is 16.6. The van der Waals surface area contributed by atoms with Crippen LogP contribution in [0.15, 0.2) is 47.4 Å². The molecule has 2 aromatic rings. The second-order valence-corrected chi connectivity index (χ2v) is 9.67. The zero-order valence-electron chi connectivity index (χ0n) is 20.9. The molecule has 0 aromatic heterocycles. The molecule has 2 aromatic carbocycles. The number of halogens is 3. The average molecular weight is 513 g/mol. The number of rotatable bonds is 14. The maximum Gasteiger partial charge on any atom is 0.416 e. The van der Waals surface area contributed by atoms with Crippen molar-refractivity contribution in [2.75, 3.05) is 25.6 Å². The second kappa shape index (κ2) is 13.7. The van der Waals surface area contributed by atoms with E-state index in [4.69, 9.17) is 14.2 Å². The van der Waals surface area contributed by atoms with Crippen LogP contribution in [0.3, 0.4) is 0 Å². The van der Waals surface area contributed by atoms with Gasteiger partial charge in [-0.15, -0.1) is 11.8 Å². The summed E-state index contributed by atoms with van der Waals surface area (Å²) in [6.45, 7) is 8.58. The first kappa shape index (κ1) is 28.9. The molecular weight excluding hydrogens is 477 g/mol. The summed E-state index contributed by atoms with van der Waals surface area (Å²) in [4.78, 5) is 12.6. The van der Waals surface area contributed by atoms with Crippen molar-refractivity contribution in [1.29, 1.82) is 0 Å². The molecule has 194 valence electrons. The molecule has 0 saturated heterocycles. The number of thioether (sulfide) groups is 1. The lowest BCUT2D eigenvalue weighted by molar-refractivity contribution is -0.145. The molecule has 0 fully saturated rings. The summed E-state index contributed by atoms with van der Waals surface area (Å²) in [5.41, 5.74) is 0.139. The van der Waals surface area contributed by atoms with Crippen molar-refractivity contribution in [2.24, 2.45) is 5.41 Å². The highest BCUT2D eigenvalue weighted by atomic mass is 32.2. The topological polar surface area (TPSA) is 44.8 Å². The minimum absolute atomic E-state index is 0.107. The highest BCUT2D eigenvalue weighted by Gasteiger charge is 2.31. The van der Waals surface area contributed by atoms with E-state index in [1.165, 1.54) is 12.1 Å². The van der Waals surface area contributed by atoms with E-state index >= 15 is 0 Å². The number of esters is 1. The highest BCUT2D eigenvalue weighted by molar-refractivity contribution is 7.99. The fraction of sp³-hybridized carbons (Fsp3) is 0.519. The zero-order chi connectivity index (χ0) is 25.9. The monoisotopic (exact) mass is 512 g/mol. The Morgan fingerprint density at radius 3 is 2.14 bits per heavy atom. The lowest BCUT2D eigenvalue weighted by Gasteiger charge is -2.33. The number of benzene rings is 2. The Morgan fingerprint density at radius 1 is 0.943 bits per heavy atom. The van der Waals surface area contributed by atoms with Crippen LogP contribution < -0.4 is 9.47 Å². The predicted octanol–water partition coefficient (Wildman–Crippen LogP) is 7.71. The lowest BCUT2D eigenvalue weighted by atomic mass is 9.82. The van der Waals surface area contributed by atoms with Crippen molar-refractivity contribution < 1.29 is 32.2 Å². The Bertz CT molecular complexity index is 923. The van der Waals surface area contributed by atoms with Gasteiger partial charge in [0.1, 0.15) is 11.5 Å². The first-order valence-corrected chi connectivity index (χ1v) is 12.9. The molecule has 0 bridgehead atoms. The van der Waals surface area contributed by atoms with E-state index in [9.17, 15) is 18.0 Å². The van der Waals surface area contributed by atoms with Crippen LogP contribution >= 0.6 is 11.8 Å². The van der Waals surface area contributed by atoms with Gasteiger partial charge in [0, 0.05) is 16.1 Å². The van der Waals surface area contributed by atoms with E-state index in [-0.39, 0.29) is 12.0 Å². The van der Waals surface area contributed by atoms with Crippen LogP contribution in [0, 0.1) is 12.3 Å². The minimum atomic E-state index is -4.36. The normalized spacial score (nSPS) is 11.9. The van der Waals surface area contributed by atoms with Gasteiger partial charge in [0.15, 0.2) is 6.61 Å². The number of carbonyl (C=O) groups excluding carboxylic acids is 1. The van der Waals surface area contributed by atoms with Crippen LogP contribution in [0.25, 0.3) is 0 Å². The molecule has 0 saturated carbocycles. The summed E-state index contributed by atoms with van der Waals surface area (Å²) in [6, 6.07) is 10.7. The highest BCUT2D eigenvalue weighted by Crippen LogP contribution is 2.38. The molecule has 0 aliphatic carbocycles. The summed E-state index contributed by atoms with van der Waals surface area (Å²) in [6.07, 6.45) is -0.490. The van der Waals surface area contributed by atoms with Gasteiger partial charge in [-0.25, -0.2) is 4.79 Å². The third kappa shape index (κ3) is 9.32. The lowest BCUT2D eigenvalue weighted by Crippen LogP contribution is -2.31. The largest absolute Gasteiger partial charge is 0.493 e. The molecule has 0 heterocycles. The zero-order valence-corrected chi connectivity index (χ0v) is 21.7. The number of hydrogen-bond donors (Lipinski definition) is 0. The average Bonchev–Trinajstić information content (AvgIpc) is 2.81. The second-order valence-electron chi connectivity index (χ2n) is 8.62. The van der Waals surface area contributed by atoms with Crippen molar-refractivity contribution in [1.82, 2.24) is 0 Å². The third-order valence-electron chi connectivity index (χ3n) is 5.63. The quantitative estimate of drug-likeness (QED) is 0.192. The summed E-state index contributed by atoms with van der Waals surface area (Å²) in [7, 11) is 0.